The molecule has 1 saturated carbocycles. The molecule has 14 nitrogen and oxygen atoms in total. The van der Waals surface area contributed by atoms with Crippen molar-refractivity contribution in [1.82, 2.24) is 24.9 Å². The molecule has 2 aromatic heterocycles. The van der Waals surface area contributed by atoms with Gasteiger partial charge in [-0.2, -0.15) is 4.98 Å². The zero-order valence-electron chi connectivity index (χ0n) is 31.6. The maximum absolute atomic E-state index is 12.3. The maximum Gasteiger partial charge on any atom is 0.407 e. The number of nitrogens with zero attached hydrogens (tertiary/aromatic N) is 5. The molecule has 2 heterocycles. The van der Waals surface area contributed by atoms with E-state index in [1.54, 1.807) is 39.2 Å². The van der Waals surface area contributed by atoms with Crippen LogP contribution in [0.3, 0.4) is 0 Å². The third-order valence-corrected chi connectivity index (χ3v) is 9.01. The summed E-state index contributed by atoms with van der Waals surface area (Å²) in [6.45, 7) is 10.2. The number of rotatable bonds is 16. The van der Waals surface area contributed by atoms with E-state index < -0.39 is 17.8 Å². The van der Waals surface area contributed by atoms with Gasteiger partial charge in [-0.25, -0.2) is 14.3 Å². The first-order valence-electron chi connectivity index (χ1n) is 17.6. The van der Waals surface area contributed by atoms with Crippen LogP contribution in [0.25, 0.3) is 5.65 Å². The van der Waals surface area contributed by atoms with Crippen LogP contribution < -0.4 is 33.9 Å². The molecule has 0 radical (unpaired) electrons. The normalized spacial score (nSPS) is 16.7. The van der Waals surface area contributed by atoms with Crippen molar-refractivity contribution in [2.45, 2.75) is 97.2 Å². The Labute approximate surface area is 305 Å². The number of hydrogen-bond donors (Lipinski definition) is 2. The van der Waals surface area contributed by atoms with Crippen LogP contribution >= 0.6 is 0 Å². The lowest BCUT2D eigenvalue weighted by Crippen LogP contribution is -2.47. The number of imidazole rings is 1. The Balaban J connectivity index is 1.55. The minimum absolute atomic E-state index is 0.109. The summed E-state index contributed by atoms with van der Waals surface area (Å²) in [6, 6.07) is 11.4. The number of methoxy groups -OCH3 is 4. The van der Waals surface area contributed by atoms with Crippen LogP contribution in [0.1, 0.15) is 83.2 Å². The lowest BCUT2D eigenvalue weighted by molar-refractivity contribution is 0.0207. The van der Waals surface area contributed by atoms with Crippen LogP contribution in [0.5, 0.6) is 29.0 Å². The first kappa shape index (κ1) is 38.3. The summed E-state index contributed by atoms with van der Waals surface area (Å²) in [6.07, 6.45) is 2.97. The fourth-order valence-corrected chi connectivity index (χ4v) is 6.31. The number of hydrogen-bond acceptors (Lipinski definition) is 12. The lowest BCUT2D eigenvalue weighted by atomic mass is 9.76. The number of alkyl carbamates (subject to hydrolysis) is 1. The molecule has 1 aliphatic rings. The van der Waals surface area contributed by atoms with E-state index in [0.29, 0.717) is 66.1 Å². The Morgan fingerprint density at radius 1 is 0.981 bits per heavy atom. The predicted molar refractivity (Wildman–Crippen MR) is 196 cm³/mol. The second-order valence-electron chi connectivity index (χ2n) is 14.1. The highest BCUT2D eigenvalue weighted by atomic mass is 16.6. The second-order valence-corrected chi connectivity index (χ2v) is 14.1. The van der Waals surface area contributed by atoms with E-state index in [0.717, 1.165) is 24.0 Å². The van der Waals surface area contributed by atoms with E-state index in [4.69, 9.17) is 43.5 Å². The van der Waals surface area contributed by atoms with Gasteiger partial charge in [0.15, 0.2) is 11.5 Å². The molecule has 14 heteroatoms. The van der Waals surface area contributed by atoms with Gasteiger partial charge in [-0.3, -0.25) is 0 Å². The molecular formula is C38H52N6O8. The number of ether oxygens (including phenoxy) is 6. The molecule has 2 atom stereocenters. The van der Waals surface area contributed by atoms with Crippen LogP contribution in [-0.4, -0.2) is 77.0 Å². The molecule has 2 N–H and O–H groups in total. The predicted octanol–water partition coefficient (Wildman–Crippen LogP) is 6.27. The van der Waals surface area contributed by atoms with Crippen molar-refractivity contribution in [3.05, 3.63) is 59.4 Å². The summed E-state index contributed by atoms with van der Waals surface area (Å²) in [5, 5.41) is 19.3. The Kier molecular flexibility index (Phi) is 12.2. The molecule has 0 saturated heterocycles. The SMILES string of the molecule is CCC[C@H](C)Oc1nc(N(Cc2ccc(OC)cc2OC)Cc2ccc(OC)cc2OC)c2ncc(C(O)C3CC(NC(=O)OC(C)(C)C)C3)n2n1. The smallest absolute Gasteiger partial charge is 0.407 e. The summed E-state index contributed by atoms with van der Waals surface area (Å²) < 4.78 is 35.8. The minimum Gasteiger partial charge on any atom is -0.497 e. The number of carbonyl (C=O) groups is 1. The average Bonchev–Trinajstić information content (AvgIpc) is 3.52. The summed E-state index contributed by atoms with van der Waals surface area (Å²) >= 11 is 0. The molecule has 4 aromatic rings. The van der Waals surface area contributed by atoms with Crippen molar-refractivity contribution in [3.63, 3.8) is 0 Å². The highest BCUT2D eigenvalue weighted by Crippen LogP contribution is 2.40. The first-order valence-corrected chi connectivity index (χ1v) is 17.6. The molecule has 0 spiro atoms. The Morgan fingerprint density at radius 3 is 2.10 bits per heavy atom. The van der Waals surface area contributed by atoms with Gasteiger partial charge in [0.2, 0.25) is 0 Å². The number of fused-ring (bicyclic) bond motifs is 1. The van der Waals surface area contributed by atoms with Gasteiger partial charge in [0.05, 0.1) is 46.4 Å². The average molecular weight is 721 g/mol. The largest absolute Gasteiger partial charge is 0.497 e. The number of aliphatic hydroxyl groups is 1. The van der Waals surface area contributed by atoms with Crippen LogP contribution in [0.15, 0.2) is 42.6 Å². The third kappa shape index (κ3) is 9.08. The van der Waals surface area contributed by atoms with Gasteiger partial charge in [-0.1, -0.05) is 13.3 Å². The topological polar surface area (TPSA) is 151 Å². The number of aliphatic hydroxyl groups excluding tert-OH is 1. The Morgan fingerprint density at radius 2 is 1.58 bits per heavy atom. The summed E-state index contributed by atoms with van der Waals surface area (Å²) in [5.41, 5.74) is 2.09. The van der Waals surface area contributed by atoms with Crippen LogP contribution in [0, 0.1) is 5.92 Å². The molecule has 52 heavy (non-hydrogen) atoms. The number of nitrogens with one attached hydrogen (secondary N) is 1. The fourth-order valence-electron chi connectivity index (χ4n) is 6.31. The van der Waals surface area contributed by atoms with Gasteiger partial charge in [0.1, 0.15) is 34.7 Å². The molecule has 1 fully saturated rings. The number of carbonyl (C=O) groups excluding carboxylic acids is 1. The first-order chi connectivity index (χ1) is 24.9. The van der Waals surface area contributed by atoms with E-state index in [2.05, 4.69) is 17.1 Å². The number of anilines is 1. The molecule has 1 unspecified atom stereocenters. The van der Waals surface area contributed by atoms with Crippen molar-refractivity contribution in [2.75, 3.05) is 33.3 Å². The monoisotopic (exact) mass is 720 g/mol. The number of aromatic nitrogens is 4. The minimum atomic E-state index is -0.910. The Hall–Kier alpha value is -4.98. The molecule has 5 rings (SSSR count). The van der Waals surface area contributed by atoms with Gasteiger partial charge in [0.25, 0.3) is 0 Å². The van der Waals surface area contributed by atoms with Gasteiger partial charge in [-0.15, -0.1) is 5.10 Å². The standard InChI is InChI=1S/C38H52N6O8/c1-10-11-23(2)51-36-41-35(34-39-20-30(44(34)42-36)33(45)26-16-27(17-26)40-37(46)52-38(3,4)5)43(21-24-12-14-28(47-6)18-31(24)49-8)22-25-13-15-29(48-7)19-32(25)50-9/h12-15,18-20,23,26-27,33,45H,10-11,16-17,21-22H2,1-9H3,(H,40,46)/t23-,26?,27?,33?/m0/s1. The van der Waals surface area contributed by atoms with Crippen LogP contribution in [0.2, 0.25) is 0 Å². The summed E-state index contributed by atoms with van der Waals surface area (Å²) in [5.74, 6) is 2.97. The maximum atomic E-state index is 12.3. The Bertz CT molecular complexity index is 1760. The van der Waals surface area contributed by atoms with Gasteiger partial charge in [0, 0.05) is 42.4 Å². The van der Waals surface area contributed by atoms with Crippen molar-refractivity contribution in [2.24, 2.45) is 5.92 Å². The van der Waals surface area contributed by atoms with Crippen molar-refractivity contribution in [1.29, 1.82) is 0 Å². The molecule has 1 amide bonds. The third-order valence-electron chi connectivity index (χ3n) is 9.01. The molecule has 0 aliphatic heterocycles. The van der Waals surface area contributed by atoms with E-state index >= 15 is 0 Å². The summed E-state index contributed by atoms with van der Waals surface area (Å²) in [7, 11) is 6.47. The second kappa shape index (κ2) is 16.6. The lowest BCUT2D eigenvalue weighted by Gasteiger charge is -2.38. The number of benzene rings is 2. The highest BCUT2D eigenvalue weighted by Gasteiger charge is 2.38. The molecule has 282 valence electrons. The van der Waals surface area contributed by atoms with E-state index in [-0.39, 0.29) is 24.1 Å². The van der Waals surface area contributed by atoms with Gasteiger partial charge < -0.3 is 43.7 Å². The van der Waals surface area contributed by atoms with Crippen LogP contribution in [0.4, 0.5) is 10.6 Å². The van der Waals surface area contributed by atoms with E-state index in [1.807, 2.05) is 64.1 Å². The zero-order valence-corrected chi connectivity index (χ0v) is 31.6. The fraction of sp³-hybridized carbons (Fsp3) is 0.526. The van der Waals surface area contributed by atoms with Crippen molar-refractivity contribution < 1.29 is 38.3 Å². The van der Waals surface area contributed by atoms with Crippen LogP contribution in [-0.2, 0) is 17.8 Å². The molecular weight excluding hydrogens is 668 g/mol. The zero-order chi connectivity index (χ0) is 37.6. The highest BCUT2D eigenvalue weighted by molar-refractivity contribution is 5.68. The van der Waals surface area contributed by atoms with E-state index in [9.17, 15) is 9.90 Å². The molecule has 0 bridgehead atoms. The summed E-state index contributed by atoms with van der Waals surface area (Å²) in [4.78, 5) is 24.1. The quantitative estimate of drug-likeness (QED) is 0.134. The van der Waals surface area contributed by atoms with Gasteiger partial charge in [-0.05, 0) is 77.1 Å². The molecule has 1 aliphatic carbocycles. The van der Waals surface area contributed by atoms with Gasteiger partial charge >= 0.3 is 12.1 Å². The van der Waals surface area contributed by atoms with Crippen molar-refractivity contribution >= 4 is 17.6 Å². The van der Waals surface area contributed by atoms with Crippen molar-refractivity contribution in [3.8, 4) is 29.0 Å². The molecule has 2 aromatic carbocycles. The number of amides is 1. The van der Waals surface area contributed by atoms with E-state index in [1.165, 1.54) is 0 Å².